The van der Waals surface area contributed by atoms with Crippen LogP contribution < -0.4 is 0 Å². The van der Waals surface area contributed by atoms with Gasteiger partial charge in [-0.05, 0) is 31.4 Å². The van der Waals surface area contributed by atoms with Gasteiger partial charge in [-0.1, -0.05) is 6.08 Å². The van der Waals surface area contributed by atoms with Gasteiger partial charge in [-0.25, -0.2) is 0 Å². The summed E-state index contributed by atoms with van der Waals surface area (Å²) in [6.07, 6.45) is 6.13. The molecule has 2 aliphatic rings. The highest BCUT2D eigenvalue weighted by Gasteiger charge is 2.49. The first kappa shape index (κ1) is 13.9. The number of aromatic amines is 1. The molecule has 2 fully saturated rings. The van der Waals surface area contributed by atoms with Gasteiger partial charge in [0.05, 0.1) is 5.41 Å². The average molecular weight is 287 g/mol. The predicted octanol–water partition coefficient (Wildman–Crippen LogP) is 1.66. The quantitative estimate of drug-likeness (QED) is 0.860. The first-order chi connectivity index (χ1) is 10.2. The highest BCUT2D eigenvalue weighted by Crippen LogP contribution is 2.40. The molecule has 0 unspecified atom stereocenters. The fourth-order valence-electron chi connectivity index (χ4n) is 3.54. The van der Waals surface area contributed by atoms with Crippen molar-refractivity contribution in [2.45, 2.75) is 19.3 Å². The average Bonchev–Trinajstić information content (AvgIpc) is 3.12. The second kappa shape index (κ2) is 5.39. The van der Waals surface area contributed by atoms with E-state index in [1.165, 1.54) is 0 Å². The van der Waals surface area contributed by atoms with Crippen LogP contribution in [0.5, 0.6) is 0 Å². The van der Waals surface area contributed by atoms with Gasteiger partial charge < -0.3 is 14.8 Å². The SMILES string of the molecule is C=CCN1CC[C@]2(CCCN(C(=O)c3ccc[nH]3)C2)C1=O. The van der Waals surface area contributed by atoms with Crippen LogP contribution in [0, 0.1) is 5.41 Å². The van der Waals surface area contributed by atoms with Gasteiger partial charge in [0.1, 0.15) is 5.69 Å². The summed E-state index contributed by atoms with van der Waals surface area (Å²) in [4.78, 5) is 31.8. The maximum absolute atomic E-state index is 12.7. The number of nitrogens with zero attached hydrogens (tertiary/aromatic N) is 2. The monoisotopic (exact) mass is 287 g/mol. The Labute approximate surface area is 124 Å². The Morgan fingerprint density at radius 1 is 1.43 bits per heavy atom. The maximum Gasteiger partial charge on any atom is 0.270 e. The van der Waals surface area contributed by atoms with Crippen molar-refractivity contribution in [2.75, 3.05) is 26.2 Å². The molecule has 1 atom stereocenters. The van der Waals surface area contributed by atoms with E-state index in [0.717, 1.165) is 32.4 Å². The van der Waals surface area contributed by atoms with E-state index in [4.69, 9.17) is 0 Å². The number of carbonyl (C=O) groups is 2. The van der Waals surface area contributed by atoms with Gasteiger partial charge in [0, 0.05) is 32.4 Å². The molecule has 21 heavy (non-hydrogen) atoms. The summed E-state index contributed by atoms with van der Waals surface area (Å²) in [7, 11) is 0. The minimum atomic E-state index is -0.372. The molecule has 0 bridgehead atoms. The second-order valence-electron chi connectivity index (χ2n) is 5.98. The van der Waals surface area contributed by atoms with Crippen LogP contribution >= 0.6 is 0 Å². The third-order valence-electron chi connectivity index (χ3n) is 4.64. The molecule has 1 spiro atoms. The van der Waals surface area contributed by atoms with E-state index in [1.807, 2.05) is 15.9 Å². The molecule has 0 aromatic carbocycles. The molecule has 3 heterocycles. The number of amides is 2. The Morgan fingerprint density at radius 3 is 3.00 bits per heavy atom. The van der Waals surface area contributed by atoms with Gasteiger partial charge >= 0.3 is 0 Å². The number of piperidine rings is 1. The molecule has 0 saturated carbocycles. The molecule has 0 radical (unpaired) electrons. The van der Waals surface area contributed by atoms with E-state index in [0.29, 0.717) is 18.8 Å². The normalized spacial score (nSPS) is 25.6. The van der Waals surface area contributed by atoms with Crippen LogP contribution in [0.1, 0.15) is 29.8 Å². The lowest BCUT2D eigenvalue weighted by Gasteiger charge is -2.38. The molecular weight excluding hydrogens is 266 g/mol. The number of rotatable bonds is 3. The molecule has 3 rings (SSSR count). The van der Waals surface area contributed by atoms with E-state index >= 15 is 0 Å². The fraction of sp³-hybridized carbons (Fsp3) is 0.500. The van der Waals surface area contributed by atoms with Crippen LogP contribution in [-0.2, 0) is 4.79 Å². The number of hydrogen-bond donors (Lipinski definition) is 1. The molecule has 1 aromatic rings. The standard InChI is InChI=1S/C16H21N3O2/c1-2-9-18-11-7-16(15(18)21)6-4-10-19(12-16)14(20)13-5-3-8-17-13/h2-3,5,8,17H,1,4,6-7,9-12H2/t16-/m0/s1. The summed E-state index contributed by atoms with van der Waals surface area (Å²) in [6.45, 7) is 6.35. The molecule has 5 nitrogen and oxygen atoms in total. The number of aromatic nitrogens is 1. The van der Waals surface area contributed by atoms with E-state index in [-0.39, 0.29) is 17.2 Å². The topological polar surface area (TPSA) is 56.4 Å². The summed E-state index contributed by atoms with van der Waals surface area (Å²) < 4.78 is 0. The molecule has 0 aliphatic carbocycles. The molecule has 1 N–H and O–H groups in total. The lowest BCUT2D eigenvalue weighted by Crippen LogP contribution is -2.49. The van der Waals surface area contributed by atoms with Crippen LogP contribution in [0.15, 0.2) is 31.0 Å². The Kier molecular flexibility index (Phi) is 3.57. The van der Waals surface area contributed by atoms with Crippen LogP contribution in [0.4, 0.5) is 0 Å². The second-order valence-corrected chi connectivity index (χ2v) is 5.98. The minimum Gasteiger partial charge on any atom is -0.357 e. The molecule has 2 aliphatic heterocycles. The number of carbonyl (C=O) groups excluding carboxylic acids is 2. The van der Waals surface area contributed by atoms with E-state index < -0.39 is 0 Å². The Bertz CT molecular complexity index is 552. The molecular formula is C16H21N3O2. The maximum atomic E-state index is 12.7. The molecule has 2 saturated heterocycles. The minimum absolute atomic E-state index is 0.00551. The van der Waals surface area contributed by atoms with Gasteiger partial charge in [0.25, 0.3) is 5.91 Å². The van der Waals surface area contributed by atoms with E-state index in [2.05, 4.69) is 11.6 Å². The highest BCUT2D eigenvalue weighted by molar-refractivity contribution is 5.93. The van der Waals surface area contributed by atoms with E-state index in [1.54, 1.807) is 18.3 Å². The number of likely N-dealkylation sites (tertiary alicyclic amines) is 2. The Balaban J connectivity index is 1.76. The van der Waals surface area contributed by atoms with Crippen LogP contribution in [-0.4, -0.2) is 52.8 Å². The zero-order chi connectivity index (χ0) is 14.9. The van der Waals surface area contributed by atoms with Gasteiger partial charge in [-0.3, -0.25) is 9.59 Å². The summed E-state index contributed by atoms with van der Waals surface area (Å²) in [5.41, 5.74) is 0.226. The van der Waals surface area contributed by atoms with Gasteiger partial charge in [-0.2, -0.15) is 0 Å². The first-order valence-corrected chi connectivity index (χ1v) is 7.49. The fourth-order valence-corrected chi connectivity index (χ4v) is 3.54. The van der Waals surface area contributed by atoms with Crippen LogP contribution in [0.25, 0.3) is 0 Å². The lowest BCUT2D eigenvalue weighted by molar-refractivity contribution is -0.137. The van der Waals surface area contributed by atoms with Crippen molar-refractivity contribution >= 4 is 11.8 Å². The number of H-pyrrole nitrogens is 1. The zero-order valence-electron chi connectivity index (χ0n) is 12.2. The smallest absolute Gasteiger partial charge is 0.270 e. The van der Waals surface area contributed by atoms with Crippen molar-refractivity contribution in [3.63, 3.8) is 0 Å². The summed E-state index contributed by atoms with van der Waals surface area (Å²) in [5.74, 6) is 0.181. The van der Waals surface area contributed by atoms with Gasteiger partial charge in [-0.15, -0.1) is 6.58 Å². The number of hydrogen-bond acceptors (Lipinski definition) is 2. The molecule has 2 amide bonds. The molecule has 112 valence electrons. The van der Waals surface area contributed by atoms with Gasteiger partial charge in [0.2, 0.25) is 5.91 Å². The van der Waals surface area contributed by atoms with E-state index in [9.17, 15) is 9.59 Å². The molecule has 1 aromatic heterocycles. The third-order valence-corrected chi connectivity index (χ3v) is 4.64. The summed E-state index contributed by atoms with van der Waals surface area (Å²) in [5, 5.41) is 0. The zero-order valence-corrected chi connectivity index (χ0v) is 12.2. The Hall–Kier alpha value is -2.04. The van der Waals surface area contributed by atoms with Crippen molar-refractivity contribution < 1.29 is 9.59 Å². The van der Waals surface area contributed by atoms with Gasteiger partial charge in [0.15, 0.2) is 0 Å². The number of nitrogens with one attached hydrogen (secondary N) is 1. The highest BCUT2D eigenvalue weighted by atomic mass is 16.2. The van der Waals surface area contributed by atoms with Crippen molar-refractivity contribution in [3.8, 4) is 0 Å². The lowest BCUT2D eigenvalue weighted by atomic mass is 9.78. The van der Waals surface area contributed by atoms with Crippen LogP contribution in [0.3, 0.4) is 0 Å². The summed E-state index contributed by atoms with van der Waals surface area (Å²) >= 11 is 0. The summed E-state index contributed by atoms with van der Waals surface area (Å²) in [6, 6.07) is 3.60. The Morgan fingerprint density at radius 2 is 2.29 bits per heavy atom. The predicted molar refractivity (Wildman–Crippen MR) is 79.8 cm³/mol. The first-order valence-electron chi connectivity index (χ1n) is 7.49. The molecule has 5 heteroatoms. The third kappa shape index (κ3) is 2.37. The largest absolute Gasteiger partial charge is 0.357 e. The van der Waals surface area contributed by atoms with Crippen molar-refractivity contribution in [1.29, 1.82) is 0 Å². The van der Waals surface area contributed by atoms with Crippen molar-refractivity contribution in [2.24, 2.45) is 5.41 Å². The van der Waals surface area contributed by atoms with Crippen molar-refractivity contribution in [1.82, 2.24) is 14.8 Å². The van der Waals surface area contributed by atoms with Crippen LogP contribution in [0.2, 0.25) is 0 Å². The van der Waals surface area contributed by atoms with Crippen molar-refractivity contribution in [3.05, 3.63) is 36.7 Å².